The van der Waals surface area contributed by atoms with Crippen molar-refractivity contribution in [3.63, 3.8) is 0 Å². The number of nitrogens with zero attached hydrogens (tertiary/aromatic N) is 2. The monoisotopic (exact) mass is 286 g/mol. The molecule has 102 valence electrons. The zero-order valence-electron chi connectivity index (χ0n) is 11.2. The van der Waals surface area contributed by atoms with Crippen molar-refractivity contribution in [1.82, 2.24) is 10.1 Å². The summed E-state index contributed by atoms with van der Waals surface area (Å²) in [5.41, 5.74) is 0.886. The first kappa shape index (κ1) is 12.9. The molecule has 0 fully saturated rings. The molecule has 5 heteroatoms. The summed E-state index contributed by atoms with van der Waals surface area (Å²) in [7, 11) is 0. The van der Waals surface area contributed by atoms with E-state index in [1.165, 1.54) is 0 Å². The van der Waals surface area contributed by atoms with E-state index in [1.807, 2.05) is 55.6 Å². The quantitative estimate of drug-likeness (QED) is 0.719. The van der Waals surface area contributed by atoms with Gasteiger partial charge in [-0.05, 0) is 49.6 Å². The van der Waals surface area contributed by atoms with Crippen LogP contribution in [0.3, 0.4) is 0 Å². The molecule has 0 atom stereocenters. The number of benzene rings is 1. The Balaban J connectivity index is 1.83. The predicted octanol–water partition coefficient (Wildman–Crippen LogP) is 4.25. The summed E-state index contributed by atoms with van der Waals surface area (Å²) in [6.07, 6.45) is 0.162. The maximum absolute atomic E-state index is 5.60. The van der Waals surface area contributed by atoms with E-state index in [2.05, 4.69) is 10.1 Å². The molecule has 2 aromatic heterocycles. The van der Waals surface area contributed by atoms with Crippen molar-refractivity contribution in [3.05, 3.63) is 41.8 Å². The van der Waals surface area contributed by atoms with Crippen LogP contribution in [0.5, 0.6) is 5.75 Å². The lowest BCUT2D eigenvalue weighted by atomic mass is 10.2. The first-order chi connectivity index (χ1) is 9.72. The molecule has 0 amide bonds. The number of hydrogen-bond donors (Lipinski definition) is 0. The average Bonchev–Trinajstić information content (AvgIpc) is 3.10. The van der Waals surface area contributed by atoms with Gasteiger partial charge in [-0.15, -0.1) is 11.3 Å². The van der Waals surface area contributed by atoms with Gasteiger partial charge in [-0.25, -0.2) is 0 Å². The molecule has 0 aliphatic rings. The molecule has 0 saturated carbocycles. The third-order valence-corrected chi connectivity index (χ3v) is 3.51. The van der Waals surface area contributed by atoms with Gasteiger partial charge in [0.25, 0.3) is 5.89 Å². The van der Waals surface area contributed by atoms with Crippen LogP contribution in [-0.2, 0) is 0 Å². The van der Waals surface area contributed by atoms with Gasteiger partial charge >= 0.3 is 0 Å². The Kier molecular flexibility index (Phi) is 3.52. The van der Waals surface area contributed by atoms with Crippen molar-refractivity contribution >= 4 is 11.3 Å². The van der Waals surface area contributed by atoms with E-state index in [-0.39, 0.29) is 6.10 Å². The zero-order valence-corrected chi connectivity index (χ0v) is 12.1. The minimum absolute atomic E-state index is 0.162. The topological polar surface area (TPSA) is 48.2 Å². The summed E-state index contributed by atoms with van der Waals surface area (Å²) >= 11 is 1.59. The number of aromatic nitrogens is 2. The molecule has 0 bridgehead atoms. The highest BCUT2D eigenvalue weighted by atomic mass is 32.1. The summed E-state index contributed by atoms with van der Waals surface area (Å²) in [4.78, 5) is 5.41. The number of thiophene rings is 1. The van der Waals surface area contributed by atoms with E-state index in [0.717, 1.165) is 16.2 Å². The number of rotatable bonds is 4. The molecular formula is C15H14N2O2S. The maximum Gasteiger partial charge on any atom is 0.258 e. The van der Waals surface area contributed by atoms with Gasteiger partial charge in [0.05, 0.1) is 11.0 Å². The second-order valence-electron chi connectivity index (χ2n) is 4.59. The second-order valence-corrected chi connectivity index (χ2v) is 5.54. The van der Waals surface area contributed by atoms with Gasteiger partial charge in [-0.3, -0.25) is 0 Å². The highest BCUT2D eigenvalue weighted by molar-refractivity contribution is 7.13. The van der Waals surface area contributed by atoms with Crippen LogP contribution >= 0.6 is 11.3 Å². The molecule has 0 radical (unpaired) electrons. The van der Waals surface area contributed by atoms with Crippen molar-refractivity contribution in [2.45, 2.75) is 20.0 Å². The van der Waals surface area contributed by atoms with Gasteiger partial charge in [-0.2, -0.15) is 4.98 Å². The van der Waals surface area contributed by atoms with Gasteiger partial charge in [0.15, 0.2) is 0 Å². The van der Waals surface area contributed by atoms with Crippen LogP contribution < -0.4 is 4.74 Å². The molecule has 0 spiro atoms. The van der Waals surface area contributed by atoms with Crippen LogP contribution in [0.15, 0.2) is 46.3 Å². The molecule has 2 heterocycles. The van der Waals surface area contributed by atoms with E-state index < -0.39 is 0 Å². The zero-order chi connectivity index (χ0) is 13.9. The maximum atomic E-state index is 5.60. The standard InChI is InChI=1S/C15H14N2O2S/c1-10(2)18-12-7-5-11(6-8-12)15-16-14(17-19-15)13-4-3-9-20-13/h3-10H,1-2H3. The molecular weight excluding hydrogens is 272 g/mol. The number of ether oxygens (including phenoxy) is 1. The summed E-state index contributed by atoms with van der Waals surface area (Å²) in [5, 5.41) is 5.99. The summed E-state index contributed by atoms with van der Waals surface area (Å²) < 4.78 is 10.9. The molecule has 1 aromatic carbocycles. The highest BCUT2D eigenvalue weighted by Gasteiger charge is 2.11. The van der Waals surface area contributed by atoms with Crippen molar-refractivity contribution in [2.24, 2.45) is 0 Å². The van der Waals surface area contributed by atoms with E-state index in [4.69, 9.17) is 9.26 Å². The molecule has 0 unspecified atom stereocenters. The van der Waals surface area contributed by atoms with E-state index in [1.54, 1.807) is 11.3 Å². The largest absolute Gasteiger partial charge is 0.491 e. The van der Waals surface area contributed by atoms with Gasteiger partial charge in [0.2, 0.25) is 5.82 Å². The summed E-state index contributed by atoms with van der Waals surface area (Å²) in [6.45, 7) is 4.00. The van der Waals surface area contributed by atoms with Crippen LogP contribution in [0, 0.1) is 0 Å². The molecule has 3 aromatic rings. The van der Waals surface area contributed by atoms with Gasteiger partial charge in [0.1, 0.15) is 5.75 Å². The SMILES string of the molecule is CC(C)Oc1ccc(-c2nc(-c3cccs3)no2)cc1. The van der Waals surface area contributed by atoms with E-state index in [0.29, 0.717) is 11.7 Å². The highest BCUT2D eigenvalue weighted by Crippen LogP contribution is 2.26. The minimum atomic E-state index is 0.162. The van der Waals surface area contributed by atoms with E-state index >= 15 is 0 Å². The average molecular weight is 286 g/mol. The van der Waals surface area contributed by atoms with Gasteiger partial charge in [0, 0.05) is 5.56 Å². The molecule has 0 saturated heterocycles. The lowest BCUT2D eigenvalue weighted by molar-refractivity contribution is 0.242. The lowest BCUT2D eigenvalue weighted by Crippen LogP contribution is -2.05. The molecule has 0 aliphatic carbocycles. The fourth-order valence-electron chi connectivity index (χ4n) is 1.79. The smallest absolute Gasteiger partial charge is 0.258 e. The van der Waals surface area contributed by atoms with Crippen LogP contribution in [-0.4, -0.2) is 16.2 Å². The minimum Gasteiger partial charge on any atom is -0.491 e. The molecule has 20 heavy (non-hydrogen) atoms. The lowest BCUT2D eigenvalue weighted by Gasteiger charge is -2.09. The van der Waals surface area contributed by atoms with Crippen molar-refractivity contribution in [1.29, 1.82) is 0 Å². The molecule has 0 aliphatic heterocycles. The van der Waals surface area contributed by atoms with Crippen LogP contribution in [0.1, 0.15) is 13.8 Å². The molecule has 4 nitrogen and oxygen atoms in total. The Labute approximate surface area is 121 Å². The summed E-state index contributed by atoms with van der Waals surface area (Å²) in [6, 6.07) is 11.6. The number of hydrogen-bond acceptors (Lipinski definition) is 5. The Morgan fingerprint density at radius 2 is 1.95 bits per heavy atom. The second kappa shape index (κ2) is 5.46. The summed E-state index contributed by atoms with van der Waals surface area (Å²) in [5.74, 6) is 1.98. The molecule has 3 rings (SSSR count). The van der Waals surface area contributed by atoms with Crippen molar-refractivity contribution in [3.8, 4) is 27.9 Å². The van der Waals surface area contributed by atoms with Gasteiger partial charge in [-0.1, -0.05) is 11.2 Å². The van der Waals surface area contributed by atoms with Crippen molar-refractivity contribution < 1.29 is 9.26 Å². The Bertz CT molecular complexity index is 672. The normalized spacial score (nSPS) is 10.9. The Morgan fingerprint density at radius 3 is 2.60 bits per heavy atom. The van der Waals surface area contributed by atoms with E-state index in [9.17, 15) is 0 Å². The predicted molar refractivity (Wildman–Crippen MR) is 78.8 cm³/mol. The first-order valence-corrected chi connectivity index (χ1v) is 7.25. The van der Waals surface area contributed by atoms with Crippen molar-refractivity contribution in [2.75, 3.05) is 0 Å². The molecule has 0 N–H and O–H groups in total. The first-order valence-electron chi connectivity index (χ1n) is 6.37. The third-order valence-electron chi connectivity index (χ3n) is 2.64. The fraction of sp³-hybridized carbons (Fsp3) is 0.200. The van der Waals surface area contributed by atoms with Crippen LogP contribution in [0.4, 0.5) is 0 Å². The Morgan fingerprint density at radius 1 is 1.15 bits per heavy atom. The Hall–Kier alpha value is -2.14. The van der Waals surface area contributed by atoms with Gasteiger partial charge < -0.3 is 9.26 Å². The van der Waals surface area contributed by atoms with Crippen LogP contribution in [0.25, 0.3) is 22.2 Å². The fourth-order valence-corrected chi connectivity index (χ4v) is 2.44. The third kappa shape index (κ3) is 2.72. The van der Waals surface area contributed by atoms with Crippen LogP contribution in [0.2, 0.25) is 0 Å².